The average molecular weight is 521 g/mol. The number of para-hydroxylation sites is 1. The number of carbonyl (C=O) groups excluding carboxylic acids is 2. The smallest absolute Gasteiger partial charge is 0.244 e. The summed E-state index contributed by atoms with van der Waals surface area (Å²) in [5.74, 6) is -0.977. The number of nitrogens with one attached hydrogen (secondary N) is 1. The monoisotopic (exact) mass is 519 g/mol. The number of likely N-dealkylation sites (N-methyl/N-ethyl adjacent to an activating group) is 1. The van der Waals surface area contributed by atoms with Crippen molar-refractivity contribution < 1.29 is 18.0 Å². The number of sulfonamides is 1. The Labute approximate surface area is 203 Å². The second kappa shape index (κ2) is 11.2. The van der Waals surface area contributed by atoms with E-state index in [1.807, 2.05) is 0 Å². The van der Waals surface area contributed by atoms with Crippen LogP contribution < -0.4 is 9.62 Å². The first-order valence-electron chi connectivity index (χ1n) is 9.69. The number of benzene rings is 2. The van der Waals surface area contributed by atoms with E-state index in [1.165, 1.54) is 23.1 Å². The predicted molar refractivity (Wildman–Crippen MR) is 129 cm³/mol. The van der Waals surface area contributed by atoms with Crippen LogP contribution in [0, 0.1) is 0 Å². The summed E-state index contributed by atoms with van der Waals surface area (Å²) >= 11 is 18.4. The van der Waals surface area contributed by atoms with Crippen molar-refractivity contribution in [1.82, 2.24) is 10.2 Å². The molecule has 0 saturated heterocycles. The first-order chi connectivity index (χ1) is 15.0. The quantitative estimate of drug-likeness (QED) is 0.542. The normalized spacial score (nSPS) is 12.2. The van der Waals surface area contributed by atoms with Crippen LogP contribution in [0.5, 0.6) is 0 Å². The van der Waals surface area contributed by atoms with Crippen LogP contribution in [-0.4, -0.2) is 50.5 Å². The fourth-order valence-electron chi connectivity index (χ4n) is 2.99. The Bertz CT molecular complexity index is 1100. The molecule has 0 heterocycles. The van der Waals surface area contributed by atoms with Crippen molar-refractivity contribution >= 4 is 62.3 Å². The highest BCUT2D eigenvalue weighted by molar-refractivity contribution is 7.92. The summed E-state index contributed by atoms with van der Waals surface area (Å²) in [7, 11) is -3.85. The maximum atomic E-state index is 13.3. The highest BCUT2D eigenvalue weighted by Crippen LogP contribution is 2.28. The molecule has 0 bridgehead atoms. The third-order valence-electron chi connectivity index (χ3n) is 4.67. The van der Waals surface area contributed by atoms with Gasteiger partial charge in [-0.25, -0.2) is 8.42 Å². The van der Waals surface area contributed by atoms with Crippen molar-refractivity contribution in [3.05, 3.63) is 63.1 Å². The molecule has 1 N–H and O–H groups in total. The van der Waals surface area contributed by atoms with E-state index in [9.17, 15) is 18.0 Å². The van der Waals surface area contributed by atoms with Gasteiger partial charge in [-0.15, -0.1) is 0 Å². The van der Waals surface area contributed by atoms with Crippen LogP contribution in [0.1, 0.15) is 19.4 Å². The second-order valence-corrected chi connectivity index (χ2v) is 10.2. The van der Waals surface area contributed by atoms with Crippen LogP contribution in [0.25, 0.3) is 0 Å². The molecule has 0 unspecified atom stereocenters. The maximum absolute atomic E-state index is 13.3. The molecule has 7 nitrogen and oxygen atoms in total. The summed E-state index contributed by atoms with van der Waals surface area (Å²) in [4.78, 5) is 27.1. The molecule has 0 spiro atoms. The minimum atomic E-state index is -3.85. The zero-order valence-corrected chi connectivity index (χ0v) is 20.9. The highest BCUT2D eigenvalue weighted by Gasteiger charge is 2.30. The largest absolute Gasteiger partial charge is 0.355 e. The van der Waals surface area contributed by atoms with E-state index >= 15 is 0 Å². The van der Waals surface area contributed by atoms with Gasteiger partial charge in [0.1, 0.15) is 12.6 Å². The van der Waals surface area contributed by atoms with Crippen molar-refractivity contribution in [2.24, 2.45) is 0 Å². The number of amides is 2. The lowest BCUT2D eigenvalue weighted by Gasteiger charge is -2.31. The molecule has 0 aliphatic carbocycles. The number of hydrogen-bond donors (Lipinski definition) is 1. The van der Waals surface area contributed by atoms with Gasteiger partial charge in [-0.1, -0.05) is 53.0 Å². The molecule has 2 amide bonds. The van der Waals surface area contributed by atoms with Gasteiger partial charge in [-0.2, -0.15) is 0 Å². The Hall–Kier alpha value is -2.00. The van der Waals surface area contributed by atoms with Gasteiger partial charge in [0, 0.05) is 23.1 Å². The lowest BCUT2D eigenvalue weighted by Crippen LogP contribution is -2.51. The summed E-state index contributed by atoms with van der Waals surface area (Å²) in [5.41, 5.74) is 0.726. The Morgan fingerprint density at radius 3 is 2.28 bits per heavy atom. The van der Waals surface area contributed by atoms with E-state index in [-0.39, 0.29) is 23.2 Å². The number of rotatable bonds is 9. The van der Waals surface area contributed by atoms with Crippen LogP contribution in [0.3, 0.4) is 0 Å². The van der Waals surface area contributed by atoms with Gasteiger partial charge in [-0.05, 0) is 43.7 Å². The summed E-state index contributed by atoms with van der Waals surface area (Å²) < 4.78 is 25.9. The van der Waals surface area contributed by atoms with Crippen LogP contribution in [0.15, 0.2) is 42.5 Å². The molecule has 0 fully saturated rings. The van der Waals surface area contributed by atoms with E-state index < -0.39 is 28.5 Å². The Kier molecular flexibility index (Phi) is 9.21. The summed E-state index contributed by atoms with van der Waals surface area (Å²) in [6.45, 7) is 3.13. The van der Waals surface area contributed by atoms with Crippen molar-refractivity contribution in [1.29, 1.82) is 0 Å². The molecule has 0 aromatic heterocycles. The molecular formula is C21H24Cl3N3O4S. The third-order valence-corrected chi connectivity index (χ3v) is 6.71. The lowest BCUT2D eigenvalue weighted by molar-refractivity contribution is -0.139. The van der Waals surface area contributed by atoms with Gasteiger partial charge in [0.15, 0.2) is 0 Å². The molecule has 0 aliphatic heterocycles. The zero-order valence-electron chi connectivity index (χ0n) is 17.8. The van der Waals surface area contributed by atoms with E-state index in [2.05, 4.69) is 5.32 Å². The number of halogens is 3. The number of hydrogen-bond acceptors (Lipinski definition) is 4. The number of carbonyl (C=O) groups is 2. The lowest BCUT2D eigenvalue weighted by atomic mass is 10.1. The molecule has 1 atom stereocenters. The Balaban J connectivity index is 2.43. The molecule has 32 heavy (non-hydrogen) atoms. The van der Waals surface area contributed by atoms with Crippen molar-refractivity contribution in [3.8, 4) is 0 Å². The topological polar surface area (TPSA) is 86.8 Å². The zero-order chi connectivity index (χ0) is 24.1. The van der Waals surface area contributed by atoms with Gasteiger partial charge in [0.2, 0.25) is 21.8 Å². The minimum Gasteiger partial charge on any atom is -0.355 e. The first kappa shape index (κ1) is 26.3. The summed E-state index contributed by atoms with van der Waals surface area (Å²) in [6, 6.07) is 10.2. The number of nitrogens with zero attached hydrogens (tertiary/aromatic N) is 2. The van der Waals surface area contributed by atoms with Gasteiger partial charge >= 0.3 is 0 Å². The summed E-state index contributed by atoms with van der Waals surface area (Å²) in [6.07, 6.45) is 0.983. The Morgan fingerprint density at radius 1 is 1.06 bits per heavy atom. The maximum Gasteiger partial charge on any atom is 0.244 e. The molecule has 0 saturated carbocycles. The van der Waals surface area contributed by atoms with Crippen LogP contribution >= 0.6 is 34.8 Å². The van der Waals surface area contributed by atoms with Crippen molar-refractivity contribution in [2.45, 2.75) is 26.4 Å². The first-order valence-corrected chi connectivity index (χ1v) is 12.7. The van der Waals surface area contributed by atoms with E-state index in [0.29, 0.717) is 22.2 Å². The fourth-order valence-corrected chi connectivity index (χ4v) is 4.60. The Morgan fingerprint density at radius 2 is 1.72 bits per heavy atom. The van der Waals surface area contributed by atoms with Gasteiger partial charge in [0.05, 0.1) is 17.0 Å². The molecule has 11 heteroatoms. The molecule has 2 rings (SSSR count). The van der Waals surface area contributed by atoms with Gasteiger partial charge < -0.3 is 10.2 Å². The summed E-state index contributed by atoms with van der Waals surface area (Å²) in [5, 5.41) is 3.60. The van der Waals surface area contributed by atoms with Crippen LogP contribution in [0.2, 0.25) is 15.1 Å². The third kappa shape index (κ3) is 6.75. The van der Waals surface area contributed by atoms with Crippen molar-refractivity contribution in [3.63, 3.8) is 0 Å². The molecule has 0 radical (unpaired) electrons. The standard InChI is InChI=1S/C21H24Cl3N3O4S/c1-4-25-21(29)14(2)26(12-15-9-10-16(22)11-18(15)24)20(28)13-27(32(3,30)31)19-8-6-5-7-17(19)23/h5-11,14H,4,12-13H2,1-3H3,(H,25,29)/t14-/m0/s1. The van der Waals surface area contributed by atoms with E-state index in [0.717, 1.165) is 10.6 Å². The van der Waals surface area contributed by atoms with Gasteiger partial charge in [-0.3, -0.25) is 13.9 Å². The average Bonchev–Trinajstić information content (AvgIpc) is 2.71. The SMILES string of the molecule is CCNC(=O)[C@H](C)N(Cc1ccc(Cl)cc1Cl)C(=O)CN(c1ccccc1Cl)S(C)(=O)=O. The van der Waals surface area contributed by atoms with Gasteiger partial charge in [0.25, 0.3) is 0 Å². The van der Waals surface area contributed by atoms with Crippen LogP contribution in [-0.2, 0) is 26.2 Å². The molecule has 2 aromatic carbocycles. The molecular weight excluding hydrogens is 497 g/mol. The molecule has 2 aromatic rings. The predicted octanol–water partition coefficient (Wildman–Crippen LogP) is 3.97. The number of anilines is 1. The molecule has 174 valence electrons. The van der Waals surface area contributed by atoms with E-state index in [1.54, 1.807) is 38.1 Å². The fraction of sp³-hybridized carbons (Fsp3) is 0.333. The van der Waals surface area contributed by atoms with Crippen LogP contribution in [0.4, 0.5) is 5.69 Å². The van der Waals surface area contributed by atoms with E-state index in [4.69, 9.17) is 34.8 Å². The second-order valence-electron chi connectivity index (χ2n) is 7.05. The minimum absolute atomic E-state index is 0.0206. The highest BCUT2D eigenvalue weighted by atomic mass is 35.5. The van der Waals surface area contributed by atoms with Crippen molar-refractivity contribution in [2.75, 3.05) is 23.7 Å². The molecule has 0 aliphatic rings.